The van der Waals surface area contributed by atoms with E-state index in [0.717, 1.165) is 5.92 Å². The van der Waals surface area contributed by atoms with Crippen molar-refractivity contribution in [3.8, 4) is 0 Å². The SMILES string of the molecule is CCCCCCCCCCCCCCCCC=C1CC1C. The van der Waals surface area contributed by atoms with Crippen LogP contribution in [0, 0.1) is 5.92 Å². The summed E-state index contributed by atoms with van der Waals surface area (Å²) >= 11 is 0. The van der Waals surface area contributed by atoms with Crippen LogP contribution in [0.2, 0.25) is 0 Å². The lowest BCUT2D eigenvalue weighted by atomic mass is 10.0. The van der Waals surface area contributed by atoms with Crippen molar-refractivity contribution in [3.63, 3.8) is 0 Å². The normalized spacial score (nSPS) is 19.3. The summed E-state index contributed by atoms with van der Waals surface area (Å²) in [5, 5.41) is 0. The number of rotatable bonds is 15. The maximum atomic E-state index is 2.51. The molecule has 1 unspecified atom stereocenters. The van der Waals surface area contributed by atoms with Crippen LogP contribution in [0.4, 0.5) is 0 Å². The Morgan fingerprint density at radius 3 is 1.48 bits per heavy atom. The molecular weight excluding hydrogens is 252 g/mol. The quantitative estimate of drug-likeness (QED) is 0.213. The molecule has 1 aliphatic rings. The highest BCUT2D eigenvalue weighted by atomic mass is 14.3. The summed E-state index contributed by atoms with van der Waals surface area (Å²) in [4.78, 5) is 0. The van der Waals surface area contributed by atoms with Gasteiger partial charge in [0.15, 0.2) is 0 Å². The molecule has 0 heteroatoms. The average molecular weight is 293 g/mol. The first-order valence-corrected chi connectivity index (χ1v) is 10.0. The van der Waals surface area contributed by atoms with Crippen molar-refractivity contribution in [3.05, 3.63) is 11.6 Å². The number of hydrogen-bond donors (Lipinski definition) is 0. The standard InChI is InChI=1S/C21H40/c1-3-4-5-6-7-8-9-10-11-12-13-14-15-16-17-18-21-19-20(21)2/h18,20H,3-17,19H2,1-2H3. The Labute approximate surface area is 134 Å². The molecule has 124 valence electrons. The summed E-state index contributed by atoms with van der Waals surface area (Å²) in [6.07, 6.45) is 25.7. The van der Waals surface area contributed by atoms with Crippen molar-refractivity contribution in [2.24, 2.45) is 5.92 Å². The van der Waals surface area contributed by atoms with Gasteiger partial charge in [-0.25, -0.2) is 0 Å². The minimum atomic E-state index is 0.927. The van der Waals surface area contributed by atoms with Gasteiger partial charge in [-0.3, -0.25) is 0 Å². The topological polar surface area (TPSA) is 0 Å². The maximum absolute atomic E-state index is 2.51. The number of unbranched alkanes of at least 4 members (excludes halogenated alkanes) is 14. The molecule has 0 spiro atoms. The predicted octanol–water partition coefficient (Wildman–Crippen LogP) is 7.82. The second-order valence-corrected chi connectivity index (χ2v) is 7.27. The second-order valence-electron chi connectivity index (χ2n) is 7.27. The summed E-state index contributed by atoms with van der Waals surface area (Å²) in [5.74, 6) is 0.927. The summed E-state index contributed by atoms with van der Waals surface area (Å²) in [7, 11) is 0. The minimum absolute atomic E-state index is 0.927. The third kappa shape index (κ3) is 12.0. The van der Waals surface area contributed by atoms with Crippen LogP contribution in [-0.2, 0) is 0 Å². The molecule has 21 heavy (non-hydrogen) atoms. The summed E-state index contributed by atoms with van der Waals surface area (Å²) in [5.41, 5.74) is 1.73. The van der Waals surface area contributed by atoms with E-state index >= 15 is 0 Å². The zero-order valence-electron chi connectivity index (χ0n) is 15.0. The largest absolute Gasteiger partial charge is 0.0850 e. The molecule has 0 amide bonds. The Morgan fingerprint density at radius 1 is 0.714 bits per heavy atom. The van der Waals surface area contributed by atoms with Crippen molar-refractivity contribution in [2.75, 3.05) is 0 Å². The zero-order chi connectivity index (χ0) is 15.2. The Kier molecular flexibility index (Phi) is 12.0. The lowest BCUT2D eigenvalue weighted by molar-refractivity contribution is 0.536. The van der Waals surface area contributed by atoms with E-state index in [1.54, 1.807) is 5.57 Å². The van der Waals surface area contributed by atoms with Crippen molar-refractivity contribution in [2.45, 2.75) is 117 Å². The van der Waals surface area contributed by atoms with E-state index in [1.165, 1.54) is 103 Å². The molecule has 1 fully saturated rings. The fraction of sp³-hybridized carbons (Fsp3) is 0.905. The molecule has 1 atom stereocenters. The first-order valence-electron chi connectivity index (χ1n) is 10.0. The van der Waals surface area contributed by atoms with Crippen LogP contribution in [0.15, 0.2) is 11.6 Å². The fourth-order valence-electron chi connectivity index (χ4n) is 3.21. The fourth-order valence-corrected chi connectivity index (χ4v) is 3.21. The molecule has 0 aliphatic heterocycles. The van der Waals surface area contributed by atoms with E-state index < -0.39 is 0 Å². The maximum Gasteiger partial charge on any atom is -0.0194 e. The van der Waals surface area contributed by atoms with Gasteiger partial charge in [-0.15, -0.1) is 0 Å². The minimum Gasteiger partial charge on any atom is -0.0850 e. The van der Waals surface area contributed by atoms with Gasteiger partial charge in [0.1, 0.15) is 0 Å². The Morgan fingerprint density at radius 2 is 1.10 bits per heavy atom. The van der Waals surface area contributed by atoms with E-state index in [9.17, 15) is 0 Å². The smallest absolute Gasteiger partial charge is 0.0194 e. The second kappa shape index (κ2) is 13.4. The third-order valence-electron chi connectivity index (χ3n) is 4.98. The molecule has 1 rings (SSSR count). The van der Waals surface area contributed by atoms with E-state index in [1.807, 2.05) is 0 Å². The summed E-state index contributed by atoms with van der Waals surface area (Å²) in [6.45, 7) is 4.64. The van der Waals surface area contributed by atoms with Crippen molar-refractivity contribution >= 4 is 0 Å². The van der Waals surface area contributed by atoms with Gasteiger partial charge in [0.2, 0.25) is 0 Å². The van der Waals surface area contributed by atoms with Gasteiger partial charge in [0, 0.05) is 0 Å². The highest BCUT2D eigenvalue weighted by molar-refractivity contribution is 5.21. The van der Waals surface area contributed by atoms with Crippen molar-refractivity contribution in [1.82, 2.24) is 0 Å². The van der Waals surface area contributed by atoms with Crippen LogP contribution in [0.25, 0.3) is 0 Å². The Bertz CT molecular complexity index is 251. The van der Waals surface area contributed by atoms with E-state index in [0.29, 0.717) is 0 Å². The zero-order valence-corrected chi connectivity index (χ0v) is 15.0. The van der Waals surface area contributed by atoms with Gasteiger partial charge in [-0.1, -0.05) is 109 Å². The van der Waals surface area contributed by atoms with Gasteiger partial charge >= 0.3 is 0 Å². The van der Waals surface area contributed by atoms with Gasteiger partial charge in [0.25, 0.3) is 0 Å². The van der Waals surface area contributed by atoms with Crippen molar-refractivity contribution in [1.29, 1.82) is 0 Å². The molecule has 1 aliphatic carbocycles. The number of hydrogen-bond acceptors (Lipinski definition) is 0. The van der Waals surface area contributed by atoms with Gasteiger partial charge in [-0.05, 0) is 25.2 Å². The lowest BCUT2D eigenvalue weighted by Gasteiger charge is -2.02. The molecule has 0 nitrogen and oxygen atoms in total. The van der Waals surface area contributed by atoms with Crippen LogP contribution in [-0.4, -0.2) is 0 Å². The number of allylic oxidation sites excluding steroid dienone is 2. The van der Waals surface area contributed by atoms with Crippen LogP contribution in [0.3, 0.4) is 0 Å². The van der Waals surface area contributed by atoms with Crippen molar-refractivity contribution < 1.29 is 0 Å². The van der Waals surface area contributed by atoms with E-state index in [4.69, 9.17) is 0 Å². The van der Waals surface area contributed by atoms with Gasteiger partial charge < -0.3 is 0 Å². The predicted molar refractivity (Wildman–Crippen MR) is 96.8 cm³/mol. The average Bonchev–Trinajstić information content (AvgIpc) is 3.19. The first-order chi connectivity index (χ1) is 10.3. The summed E-state index contributed by atoms with van der Waals surface area (Å²) < 4.78 is 0. The van der Waals surface area contributed by atoms with Crippen LogP contribution in [0.1, 0.15) is 117 Å². The highest BCUT2D eigenvalue weighted by Crippen LogP contribution is 2.37. The highest BCUT2D eigenvalue weighted by Gasteiger charge is 2.22. The molecule has 0 heterocycles. The van der Waals surface area contributed by atoms with Gasteiger partial charge in [0.05, 0.1) is 0 Å². The molecule has 0 aromatic heterocycles. The Balaban J connectivity index is 1.65. The molecular formula is C21H40. The van der Waals surface area contributed by atoms with Crippen LogP contribution >= 0.6 is 0 Å². The van der Waals surface area contributed by atoms with Crippen LogP contribution < -0.4 is 0 Å². The third-order valence-corrected chi connectivity index (χ3v) is 4.98. The molecule has 0 N–H and O–H groups in total. The summed E-state index contributed by atoms with van der Waals surface area (Å²) in [6, 6.07) is 0. The molecule has 0 aromatic carbocycles. The van der Waals surface area contributed by atoms with E-state index in [2.05, 4.69) is 19.9 Å². The Hall–Kier alpha value is -0.260. The molecule has 1 saturated carbocycles. The molecule has 0 aromatic rings. The van der Waals surface area contributed by atoms with Gasteiger partial charge in [-0.2, -0.15) is 0 Å². The first kappa shape index (κ1) is 18.8. The lowest BCUT2D eigenvalue weighted by Crippen LogP contribution is -1.83. The monoisotopic (exact) mass is 292 g/mol. The molecule has 0 radical (unpaired) electrons. The molecule has 0 saturated heterocycles. The molecule has 0 bridgehead atoms. The van der Waals surface area contributed by atoms with Crippen LogP contribution in [0.5, 0.6) is 0 Å². The van der Waals surface area contributed by atoms with E-state index in [-0.39, 0.29) is 0 Å².